The Bertz CT molecular complexity index is 344. The van der Waals surface area contributed by atoms with Crippen molar-refractivity contribution in [3.63, 3.8) is 0 Å². The highest BCUT2D eigenvalue weighted by atomic mass is 16.6. The number of hydrogen-bond donors (Lipinski definition) is 1. The third-order valence-corrected chi connectivity index (χ3v) is 2.16. The average Bonchev–Trinajstić information content (AvgIpc) is 2.45. The van der Waals surface area contributed by atoms with Crippen LogP contribution in [0, 0.1) is 0 Å². The Kier molecular flexibility index (Phi) is 1.81. The molecule has 1 aromatic rings. The van der Waals surface area contributed by atoms with Gasteiger partial charge in [-0.25, -0.2) is 4.79 Å². The Morgan fingerprint density at radius 1 is 1.46 bits per heavy atom. The van der Waals surface area contributed by atoms with Crippen LogP contribution in [0.4, 0.5) is 0 Å². The summed E-state index contributed by atoms with van der Waals surface area (Å²) in [4.78, 5) is 11.2. The summed E-state index contributed by atoms with van der Waals surface area (Å²) in [5.41, 5.74) is 1.34. The van der Waals surface area contributed by atoms with Crippen LogP contribution in [0.3, 0.4) is 0 Å². The molecule has 1 aliphatic rings. The van der Waals surface area contributed by atoms with Gasteiger partial charge in [0.15, 0.2) is 6.10 Å². The van der Waals surface area contributed by atoms with Crippen LogP contribution >= 0.6 is 0 Å². The summed E-state index contributed by atoms with van der Waals surface area (Å²) in [6.45, 7) is 1.61. The van der Waals surface area contributed by atoms with E-state index in [9.17, 15) is 9.90 Å². The Balaban J connectivity index is 2.47. The fourth-order valence-corrected chi connectivity index (χ4v) is 1.53. The molecule has 0 amide bonds. The summed E-state index contributed by atoms with van der Waals surface area (Å²) in [7, 11) is 0. The minimum absolute atomic E-state index is 0.346. The van der Waals surface area contributed by atoms with E-state index in [1.807, 2.05) is 6.07 Å². The first kappa shape index (κ1) is 8.26. The van der Waals surface area contributed by atoms with Crippen LogP contribution in [0.1, 0.15) is 28.9 Å². The van der Waals surface area contributed by atoms with E-state index >= 15 is 0 Å². The van der Waals surface area contributed by atoms with Gasteiger partial charge in [0.25, 0.3) is 0 Å². The highest BCUT2D eigenvalue weighted by Gasteiger charge is 2.33. The summed E-state index contributed by atoms with van der Waals surface area (Å²) in [5.74, 6) is -0.346. The van der Waals surface area contributed by atoms with E-state index in [1.54, 1.807) is 25.1 Å². The molecule has 2 unspecified atom stereocenters. The number of hydrogen-bond acceptors (Lipinski definition) is 3. The van der Waals surface area contributed by atoms with Crippen LogP contribution in [-0.2, 0) is 4.74 Å². The number of aliphatic hydroxyl groups excluding tert-OH is 1. The minimum atomic E-state index is -0.660. The van der Waals surface area contributed by atoms with Crippen molar-refractivity contribution in [1.82, 2.24) is 0 Å². The quantitative estimate of drug-likeness (QED) is 0.659. The molecule has 0 fully saturated rings. The largest absolute Gasteiger partial charge is 0.451 e. The maximum atomic E-state index is 11.2. The molecule has 1 aromatic carbocycles. The number of esters is 1. The van der Waals surface area contributed by atoms with Crippen molar-refractivity contribution in [2.75, 3.05) is 0 Å². The standard InChI is InChI=1S/C10H10O3/c1-6(11)9-7-4-2-3-5-8(7)10(12)13-9/h2-6,9,11H,1H3. The minimum Gasteiger partial charge on any atom is -0.451 e. The summed E-state index contributed by atoms with van der Waals surface area (Å²) < 4.78 is 5.00. The number of ether oxygens (including phenoxy) is 1. The smallest absolute Gasteiger partial charge is 0.339 e. The second-order valence-electron chi connectivity index (χ2n) is 3.15. The van der Waals surface area contributed by atoms with E-state index in [4.69, 9.17) is 4.74 Å². The van der Waals surface area contributed by atoms with Crippen LogP contribution in [0.25, 0.3) is 0 Å². The third kappa shape index (κ3) is 1.21. The molecule has 2 rings (SSSR count). The van der Waals surface area contributed by atoms with E-state index in [0.29, 0.717) is 5.56 Å². The molecule has 0 spiro atoms. The zero-order chi connectivity index (χ0) is 9.42. The number of cyclic esters (lactones) is 1. The molecule has 0 saturated heterocycles. The number of fused-ring (bicyclic) bond motifs is 1. The lowest BCUT2D eigenvalue weighted by atomic mass is 10.0. The Labute approximate surface area is 76.0 Å². The van der Waals surface area contributed by atoms with Crippen LogP contribution in [-0.4, -0.2) is 17.2 Å². The van der Waals surface area contributed by atoms with Gasteiger partial charge in [-0.15, -0.1) is 0 Å². The first-order valence-corrected chi connectivity index (χ1v) is 4.18. The first-order chi connectivity index (χ1) is 6.20. The summed E-state index contributed by atoms with van der Waals surface area (Å²) >= 11 is 0. The van der Waals surface area contributed by atoms with Gasteiger partial charge in [0.2, 0.25) is 0 Å². The van der Waals surface area contributed by atoms with Crippen LogP contribution in [0.2, 0.25) is 0 Å². The monoisotopic (exact) mass is 178 g/mol. The zero-order valence-corrected chi connectivity index (χ0v) is 7.23. The molecular formula is C10H10O3. The molecule has 0 aromatic heterocycles. The number of aliphatic hydroxyl groups is 1. The second-order valence-corrected chi connectivity index (χ2v) is 3.15. The fraction of sp³-hybridized carbons (Fsp3) is 0.300. The predicted octanol–water partition coefficient (Wildman–Crippen LogP) is 1.28. The Hall–Kier alpha value is -1.35. The SMILES string of the molecule is CC(O)C1OC(=O)c2ccccc21. The van der Waals surface area contributed by atoms with Crippen molar-refractivity contribution in [3.8, 4) is 0 Å². The molecule has 1 heterocycles. The molecule has 68 valence electrons. The highest BCUT2D eigenvalue weighted by molar-refractivity contribution is 5.94. The van der Waals surface area contributed by atoms with Gasteiger partial charge in [-0.05, 0) is 13.0 Å². The lowest BCUT2D eigenvalue weighted by Gasteiger charge is -2.12. The van der Waals surface area contributed by atoms with Crippen molar-refractivity contribution in [2.45, 2.75) is 19.1 Å². The number of carbonyl (C=O) groups is 1. The molecule has 0 bridgehead atoms. The van der Waals surface area contributed by atoms with Gasteiger partial charge in [-0.3, -0.25) is 0 Å². The summed E-state index contributed by atoms with van der Waals surface area (Å²) in [6.07, 6.45) is -1.16. The molecule has 0 aliphatic carbocycles. The molecule has 2 atom stereocenters. The average molecular weight is 178 g/mol. The molecule has 3 nitrogen and oxygen atoms in total. The van der Waals surface area contributed by atoms with Gasteiger partial charge in [-0.2, -0.15) is 0 Å². The molecular weight excluding hydrogens is 168 g/mol. The van der Waals surface area contributed by atoms with Crippen molar-refractivity contribution >= 4 is 5.97 Å². The van der Waals surface area contributed by atoms with Gasteiger partial charge < -0.3 is 9.84 Å². The van der Waals surface area contributed by atoms with E-state index in [1.165, 1.54) is 0 Å². The number of carbonyl (C=O) groups excluding carboxylic acids is 1. The summed E-state index contributed by atoms with van der Waals surface area (Å²) in [6, 6.07) is 7.12. The maximum Gasteiger partial charge on any atom is 0.339 e. The van der Waals surface area contributed by atoms with Crippen LogP contribution < -0.4 is 0 Å². The zero-order valence-electron chi connectivity index (χ0n) is 7.23. The molecule has 13 heavy (non-hydrogen) atoms. The van der Waals surface area contributed by atoms with E-state index < -0.39 is 12.2 Å². The third-order valence-electron chi connectivity index (χ3n) is 2.16. The predicted molar refractivity (Wildman–Crippen MR) is 46.3 cm³/mol. The van der Waals surface area contributed by atoms with Crippen LogP contribution in [0.15, 0.2) is 24.3 Å². The highest BCUT2D eigenvalue weighted by Crippen LogP contribution is 2.32. The fourth-order valence-electron chi connectivity index (χ4n) is 1.53. The van der Waals surface area contributed by atoms with Crippen molar-refractivity contribution < 1.29 is 14.6 Å². The van der Waals surface area contributed by atoms with E-state index in [0.717, 1.165) is 5.56 Å². The number of benzene rings is 1. The Morgan fingerprint density at radius 2 is 2.15 bits per heavy atom. The van der Waals surface area contributed by atoms with Gasteiger partial charge >= 0.3 is 5.97 Å². The van der Waals surface area contributed by atoms with Gasteiger partial charge in [0.05, 0.1) is 11.7 Å². The van der Waals surface area contributed by atoms with E-state index in [2.05, 4.69) is 0 Å². The van der Waals surface area contributed by atoms with Gasteiger partial charge in [0.1, 0.15) is 0 Å². The summed E-state index contributed by atoms with van der Waals surface area (Å²) in [5, 5.41) is 9.34. The molecule has 0 radical (unpaired) electrons. The van der Waals surface area contributed by atoms with Crippen molar-refractivity contribution in [1.29, 1.82) is 0 Å². The molecule has 1 aliphatic heterocycles. The van der Waals surface area contributed by atoms with Crippen molar-refractivity contribution in [3.05, 3.63) is 35.4 Å². The topological polar surface area (TPSA) is 46.5 Å². The van der Waals surface area contributed by atoms with Gasteiger partial charge in [-0.1, -0.05) is 18.2 Å². The van der Waals surface area contributed by atoms with E-state index in [-0.39, 0.29) is 5.97 Å². The molecule has 0 saturated carbocycles. The molecule has 1 N–H and O–H groups in total. The van der Waals surface area contributed by atoms with Crippen molar-refractivity contribution in [2.24, 2.45) is 0 Å². The van der Waals surface area contributed by atoms with Crippen LogP contribution in [0.5, 0.6) is 0 Å². The normalized spacial score (nSPS) is 22.3. The number of rotatable bonds is 1. The lowest BCUT2D eigenvalue weighted by molar-refractivity contribution is -0.00273. The lowest BCUT2D eigenvalue weighted by Crippen LogP contribution is -2.14. The maximum absolute atomic E-state index is 11.2. The Morgan fingerprint density at radius 3 is 2.85 bits per heavy atom. The second kappa shape index (κ2) is 2.85. The molecule has 3 heteroatoms. The first-order valence-electron chi connectivity index (χ1n) is 4.18. The van der Waals surface area contributed by atoms with Gasteiger partial charge in [0, 0.05) is 5.56 Å².